The number of phenolic OH excluding ortho intramolecular Hbond substituents is 1. The second-order valence-corrected chi connectivity index (χ2v) is 5.92. The van der Waals surface area contributed by atoms with Crippen molar-refractivity contribution in [3.63, 3.8) is 0 Å². The Labute approximate surface area is 136 Å². The number of ether oxygens (including phenoxy) is 1. The van der Waals surface area contributed by atoms with E-state index < -0.39 is 0 Å². The molecular formula is C19H22N2O2. The van der Waals surface area contributed by atoms with Gasteiger partial charge in [0.05, 0.1) is 18.4 Å². The largest absolute Gasteiger partial charge is 0.507 e. The number of rotatable bonds is 4. The summed E-state index contributed by atoms with van der Waals surface area (Å²) in [5, 5.41) is 14.8. The molecule has 1 atom stereocenters. The van der Waals surface area contributed by atoms with Crippen LogP contribution in [0.25, 0.3) is 0 Å². The number of benzene rings is 2. The monoisotopic (exact) mass is 310 g/mol. The third-order valence-electron chi connectivity index (χ3n) is 4.10. The summed E-state index contributed by atoms with van der Waals surface area (Å²) in [6, 6.07) is 12.2. The van der Waals surface area contributed by atoms with E-state index in [2.05, 4.69) is 22.7 Å². The van der Waals surface area contributed by atoms with Gasteiger partial charge in [0.15, 0.2) is 0 Å². The molecule has 1 unspecified atom stereocenters. The Morgan fingerprint density at radius 3 is 2.65 bits per heavy atom. The number of nitrogens with zero attached hydrogens (tertiary/aromatic N) is 1. The van der Waals surface area contributed by atoms with Crippen molar-refractivity contribution in [2.24, 2.45) is 5.10 Å². The van der Waals surface area contributed by atoms with Gasteiger partial charge in [-0.1, -0.05) is 18.2 Å². The van der Waals surface area contributed by atoms with Gasteiger partial charge in [-0.05, 0) is 55.7 Å². The van der Waals surface area contributed by atoms with Crippen LogP contribution in [0.1, 0.15) is 41.6 Å². The highest BCUT2D eigenvalue weighted by atomic mass is 16.5. The number of aryl methyl sites for hydroxylation is 2. The third-order valence-corrected chi connectivity index (χ3v) is 4.10. The van der Waals surface area contributed by atoms with Gasteiger partial charge in [0.1, 0.15) is 11.5 Å². The van der Waals surface area contributed by atoms with Crippen molar-refractivity contribution in [3.8, 4) is 11.5 Å². The standard InChI is InChI=1S/C19H22N2O2/c1-4-23-15-7-5-14(6-8-15)17-11-18(21-20-17)16-10-12(2)9-13(3)19(16)22/h5-10,17,20,22H,4,11H2,1-3H3. The fraction of sp³-hybridized carbons (Fsp3) is 0.316. The molecule has 1 aliphatic heterocycles. The summed E-state index contributed by atoms with van der Waals surface area (Å²) in [4.78, 5) is 0. The molecule has 4 nitrogen and oxygen atoms in total. The molecule has 2 aromatic carbocycles. The van der Waals surface area contributed by atoms with Crippen LogP contribution in [0.5, 0.6) is 11.5 Å². The predicted molar refractivity (Wildman–Crippen MR) is 92.2 cm³/mol. The van der Waals surface area contributed by atoms with Gasteiger partial charge in [-0.15, -0.1) is 0 Å². The van der Waals surface area contributed by atoms with E-state index in [1.165, 1.54) is 0 Å². The van der Waals surface area contributed by atoms with Gasteiger partial charge in [-0.3, -0.25) is 0 Å². The summed E-state index contributed by atoms with van der Waals surface area (Å²) >= 11 is 0. The average Bonchev–Trinajstić information content (AvgIpc) is 3.01. The maximum atomic E-state index is 10.3. The summed E-state index contributed by atoms with van der Waals surface area (Å²) < 4.78 is 5.47. The molecule has 4 heteroatoms. The molecule has 23 heavy (non-hydrogen) atoms. The molecule has 1 aliphatic rings. The Morgan fingerprint density at radius 2 is 1.96 bits per heavy atom. The van der Waals surface area contributed by atoms with Crippen molar-refractivity contribution < 1.29 is 9.84 Å². The first kappa shape index (κ1) is 15.4. The zero-order chi connectivity index (χ0) is 16.4. The molecule has 0 saturated carbocycles. The number of hydrogen-bond donors (Lipinski definition) is 2. The number of hydrazone groups is 1. The molecule has 0 saturated heterocycles. The van der Waals surface area contributed by atoms with Crippen molar-refractivity contribution in [2.75, 3.05) is 6.61 Å². The topological polar surface area (TPSA) is 53.9 Å². The van der Waals surface area contributed by atoms with Crippen LogP contribution in [0.15, 0.2) is 41.5 Å². The number of hydrogen-bond acceptors (Lipinski definition) is 4. The van der Waals surface area contributed by atoms with Crippen molar-refractivity contribution in [1.82, 2.24) is 5.43 Å². The third kappa shape index (κ3) is 3.16. The first-order valence-corrected chi connectivity index (χ1v) is 7.94. The van der Waals surface area contributed by atoms with Crippen molar-refractivity contribution in [2.45, 2.75) is 33.2 Å². The van der Waals surface area contributed by atoms with Gasteiger partial charge in [-0.2, -0.15) is 5.10 Å². The van der Waals surface area contributed by atoms with Gasteiger partial charge in [0.25, 0.3) is 0 Å². The lowest BCUT2D eigenvalue weighted by Crippen LogP contribution is -2.10. The van der Waals surface area contributed by atoms with Gasteiger partial charge in [-0.25, -0.2) is 0 Å². The summed E-state index contributed by atoms with van der Waals surface area (Å²) in [7, 11) is 0. The Balaban J connectivity index is 1.78. The molecule has 0 amide bonds. The molecular weight excluding hydrogens is 288 g/mol. The van der Waals surface area contributed by atoms with Crippen molar-refractivity contribution >= 4 is 5.71 Å². The molecule has 0 fully saturated rings. The van der Waals surface area contributed by atoms with E-state index in [4.69, 9.17) is 4.74 Å². The van der Waals surface area contributed by atoms with E-state index in [-0.39, 0.29) is 6.04 Å². The molecule has 0 spiro atoms. The fourth-order valence-corrected chi connectivity index (χ4v) is 2.95. The minimum Gasteiger partial charge on any atom is -0.507 e. The van der Waals surface area contributed by atoms with E-state index in [9.17, 15) is 5.11 Å². The smallest absolute Gasteiger partial charge is 0.127 e. The number of aromatic hydroxyl groups is 1. The predicted octanol–water partition coefficient (Wildman–Crippen LogP) is 3.85. The van der Waals surface area contributed by atoms with Crippen LogP contribution in [-0.2, 0) is 0 Å². The Morgan fingerprint density at radius 1 is 1.22 bits per heavy atom. The van der Waals surface area contributed by atoms with Crippen LogP contribution in [-0.4, -0.2) is 17.4 Å². The molecule has 0 aromatic heterocycles. The minimum absolute atomic E-state index is 0.126. The van der Waals surface area contributed by atoms with Gasteiger partial charge in [0.2, 0.25) is 0 Å². The first-order chi connectivity index (χ1) is 11.1. The zero-order valence-electron chi connectivity index (χ0n) is 13.8. The Bertz CT molecular complexity index is 736. The van der Waals surface area contributed by atoms with E-state index >= 15 is 0 Å². The first-order valence-electron chi connectivity index (χ1n) is 7.94. The normalized spacial score (nSPS) is 16.8. The lowest BCUT2D eigenvalue weighted by atomic mass is 9.96. The van der Waals surface area contributed by atoms with Crippen LogP contribution in [0.4, 0.5) is 0 Å². The highest BCUT2D eigenvalue weighted by Gasteiger charge is 2.23. The molecule has 2 N–H and O–H groups in total. The lowest BCUT2D eigenvalue weighted by Gasteiger charge is -2.12. The molecule has 0 bridgehead atoms. The second-order valence-electron chi connectivity index (χ2n) is 5.92. The number of nitrogens with one attached hydrogen (secondary N) is 1. The van der Waals surface area contributed by atoms with E-state index in [0.29, 0.717) is 12.4 Å². The van der Waals surface area contributed by atoms with Crippen LogP contribution in [0, 0.1) is 13.8 Å². The molecule has 1 heterocycles. The summed E-state index contributed by atoms with van der Waals surface area (Å²) in [5.41, 5.74) is 8.07. The molecule has 3 rings (SSSR count). The highest BCUT2D eigenvalue weighted by Crippen LogP contribution is 2.31. The van der Waals surface area contributed by atoms with Crippen LogP contribution in [0.3, 0.4) is 0 Å². The SMILES string of the molecule is CCOc1ccc(C2CC(c3cc(C)cc(C)c3O)=NN2)cc1. The van der Waals surface area contributed by atoms with Crippen molar-refractivity contribution in [3.05, 3.63) is 58.7 Å². The summed E-state index contributed by atoms with van der Waals surface area (Å²) in [6.45, 7) is 6.59. The van der Waals surface area contributed by atoms with E-state index in [1.54, 1.807) is 0 Å². The molecule has 2 aromatic rings. The van der Waals surface area contributed by atoms with Gasteiger partial charge >= 0.3 is 0 Å². The Hall–Kier alpha value is -2.49. The molecule has 0 aliphatic carbocycles. The second kappa shape index (κ2) is 6.32. The summed E-state index contributed by atoms with van der Waals surface area (Å²) in [6.07, 6.45) is 0.754. The molecule has 0 radical (unpaired) electrons. The highest BCUT2D eigenvalue weighted by molar-refractivity contribution is 6.04. The van der Waals surface area contributed by atoms with Crippen LogP contribution < -0.4 is 10.2 Å². The minimum atomic E-state index is 0.126. The summed E-state index contributed by atoms with van der Waals surface area (Å²) in [5.74, 6) is 1.20. The van der Waals surface area contributed by atoms with Gasteiger partial charge in [0, 0.05) is 12.0 Å². The quantitative estimate of drug-likeness (QED) is 0.902. The number of phenols is 1. The van der Waals surface area contributed by atoms with E-state index in [0.717, 1.165) is 40.1 Å². The zero-order valence-corrected chi connectivity index (χ0v) is 13.8. The Kier molecular flexibility index (Phi) is 4.24. The van der Waals surface area contributed by atoms with E-state index in [1.807, 2.05) is 45.0 Å². The maximum absolute atomic E-state index is 10.3. The van der Waals surface area contributed by atoms with Crippen molar-refractivity contribution in [1.29, 1.82) is 0 Å². The maximum Gasteiger partial charge on any atom is 0.127 e. The average molecular weight is 310 g/mol. The molecule has 120 valence electrons. The fourth-order valence-electron chi connectivity index (χ4n) is 2.95. The van der Waals surface area contributed by atoms with Crippen LogP contribution in [0.2, 0.25) is 0 Å². The van der Waals surface area contributed by atoms with Gasteiger partial charge < -0.3 is 15.3 Å². The lowest BCUT2D eigenvalue weighted by molar-refractivity contribution is 0.340. The van der Waals surface area contributed by atoms with Crippen LogP contribution >= 0.6 is 0 Å².